The number of aliphatic hydroxyl groups excluding tert-OH is 1. The lowest BCUT2D eigenvalue weighted by Crippen LogP contribution is -2.33. The predicted molar refractivity (Wildman–Crippen MR) is 40.7 cm³/mol. The monoisotopic (exact) mass is 140 g/mol. The summed E-state index contributed by atoms with van der Waals surface area (Å²) >= 11 is 0. The van der Waals surface area contributed by atoms with E-state index in [-0.39, 0.29) is 6.10 Å². The molecule has 0 aromatic heterocycles. The molecular weight excluding hydrogens is 124 g/mol. The van der Waals surface area contributed by atoms with Crippen molar-refractivity contribution >= 4 is 0 Å². The second-order valence-electron chi connectivity index (χ2n) is 3.94. The van der Waals surface area contributed by atoms with E-state index < -0.39 is 0 Å². The van der Waals surface area contributed by atoms with Crippen LogP contribution in [0.1, 0.15) is 38.5 Å². The molecule has 10 heavy (non-hydrogen) atoms. The van der Waals surface area contributed by atoms with Crippen LogP contribution in [-0.4, -0.2) is 11.2 Å². The van der Waals surface area contributed by atoms with E-state index in [1.54, 1.807) is 0 Å². The molecule has 58 valence electrons. The maximum atomic E-state index is 9.28. The Balaban J connectivity index is 1.69. The number of rotatable bonds is 2. The van der Waals surface area contributed by atoms with Gasteiger partial charge in [0.05, 0.1) is 6.10 Å². The molecule has 2 aliphatic carbocycles. The summed E-state index contributed by atoms with van der Waals surface area (Å²) < 4.78 is 0. The minimum Gasteiger partial charge on any atom is -0.393 e. The summed E-state index contributed by atoms with van der Waals surface area (Å²) in [5.74, 6) is 1.67. The normalized spacial score (nSPS) is 40.5. The average Bonchev–Trinajstić information content (AvgIpc) is 1.82. The van der Waals surface area contributed by atoms with Crippen molar-refractivity contribution in [3.8, 4) is 0 Å². The van der Waals surface area contributed by atoms with E-state index in [4.69, 9.17) is 0 Å². The first-order valence-electron chi connectivity index (χ1n) is 4.54. The highest BCUT2D eigenvalue weighted by molar-refractivity contribution is 4.84. The van der Waals surface area contributed by atoms with Crippen LogP contribution >= 0.6 is 0 Å². The molecule has 2 fully saturated rings. The van der Waals surface area contributed by atoms with E-state index >= 15 is 0 Å². The summed E-state index contributed by atoms with van der Waals surface area (Å²) in [6.45, 7) is 0. The van der Waals surface area contributed by atoms with Crippen LogP contribution < -0.4 is 0 Å². The summed E-state index contributed by atoms with van der Waals surface area (Å²) in [4.78, 5) is 0. The first kappa shape index (κ1) is 6.66. The standard InChI is InChI=1S/C9H16O/c10-9-5-4-8(9)6-7-2-1-3-7/h7-10H,1-6H2. The minimum absolute atomic E-state index is 0.0700. The zero-order chi connectivity index (χ0) is 6.97. The molecule has 0 aromatic rings. The second-order valence-corrected chi connectivity index (χ2v) is 3.94. The van der Waals surface area contributed by atoms with Gasteiger partial charge in [0.2, 0.25) is 0 Å². The van der Waals surface area contributed by atoms with E-state index in [2.05, 4.69) is 0 Å². The Morgan fingerprint density at radius 1 is 1.10 bits per heavy atom. The van der Waals surface area contributed by atoms with Gasteiger partial charge in [-0.15, -0.1) is 0 Å². The first-order valence-corrected chi connectivity index (χ1v) is 4.54. The fraction of sp³-hybridized carbons (Fsp3) is 1.00. The third-order valence-corrected chi connectivity index (χ3v) is 3.24. The smallest absolute Gasteiger partial charge is 0.0568 e. The van der Waals surface area contributed by atoms with E-state index in [0.29, 0.717) is 5.92 Å². The van der Waals surface area contributed by atoms with Crippen LogP contribution in [0.3, 0.4) is 0 Å². The molecule has 0 bridgehead atoms. The van der Waals surface area contributed by atoms with Crippen LogP contribution in [0.4, 0.5) is 0 Å². The van der Waals surface area contributed by atoms with Gasteiger partial charge >= 0.3 is 0 Å². The van der Waals surface area contributed by atoms with Crippen LogP contribution in [0.15, 0.2) is 0 Å². The summed E-state index contributed by atoms with van der Waals surface area (Å²) in [7, 11) is 0. The van der Waals surface area contributed by atoms with Crippen molar-refractivity contribution < 1.29 is 5.11 Å². The highest BCUT2D eigenvalue weighted by atomic mass is 16.3. The Bertz CT molecular complexity index is 118. The highest BCUT2D eigenvalue weighted by Gasteiger charge is 2.32. The molecule has 1 heteroatoms. The van der Waals surface area contributed by atoms with E-state index in [0.717, 1.165) is 12.3 Å². The molecule has 0 heterocycles. The lowest BCUT2D eigenvalue weighted by atomic mass is 9.71. The molecule has 2 atom stereocenters. The Morgan fingerprint density at radius 2 is 1.90 bits per heavy atom. The summed E-state index contributed by atoms with van der Waals surface area (Å²) in [6, 6.07) is 0. The molecule has 0 aromatic carbocycles. The minimum atomic E-state index is 0.0700. The Morgan fingerprint density at radius 3 is 2.20 bits per heavy atom. The van der Waals surface area contributed by atoms with Crippen molar-refractivity contribution in [2.45, 2.75) is 44.6 Å². The van der Waals surface area contributed by atoms with Crippen molar-refractivity contribution in [3.05, 3.63) is 0 Å². The number of aliphatic hydroxyl groups is 1. The van der Waals surface area contributed by atoms with Crippen LogP contribution in [-0.2, 0) is 0 Å². The Kier molecular flexibility index (Phi) is 1.69. The zero-order valence-electron chi connectivity index (χ0n) is 6.42. The largest absolute Gasteiger partial charge is 0.393 e. The van der Waals surface area contributed by atoms with Gasteiger partial charge in [0.25, 0.3) is 0 Å². The lowest BCUT2D eigenvalue weighted by molar-refractivity contribution is 0.00330. The second kappa shape index (κ2) is 2.54. The quantitative estimate of drug-likeness (QED) is 0.621. The summed E-state index contributed by atoms with van der Waals surface area (Å²) in [5.41, 5.74) is 0. The van der Waals surface area contributed by atoms with Gasteiger partial charge in [0.15, 0.2) is 0 Å². The van der Waals surface area contributed by atoms with Gasteiger partial charge in [-0.25, -0.2) is 0 Å². The van der Waals surface area contributed by atoms with Gasteiger partial charge in [-0.3, -0.25) is 0 Å². The summed E-state index contributed by atoms with van der Waals surface area (Å²) in [6.07, 6.45) is 8.05. The number of hydrogen-bond acceptors (Lipinski definition) is 1. The molecule has 1 N–H and O–H groups in total. The molecule has 0 spiro atoms. The highest BCUT2D eigenvalue weighted by Crippen LogP contribution is 2.39. The third kappa shape index (κ3) is 1.07. The van der Waals surface area contributed by atoms with Gasteiger partial charge in [-0.2, -0.15) is 0 Å². The predicted octanol–water partition coefficient (Wildman–Crippen LogP) is 1.95. The average molecular weight is 140 g/mol. The van der Waals surface area contributed by atoms with Gasteiger partial charge in [-0.1, -0.05) is 19.3 Å². The fourth-order valence-corrected chi connectivity index (χ4v) is 1.98. The van der Waals surface area contributed by atoms with E-state index in [1.807, 2.05) is 0 Å². The topological polar surface area (TPSA) is 20.2 Å². The van der Waals surface area contributed by atoms with Crippen molar-refractivity contribution in [3.63, 3.8) is 0 Å². The van der Waals surface area contributed by atoms with Crippen molar-refractivity contribution in [2.24, 2.45) is 11.8 Å². The molecule has 2 unspecified atom stereocenters. The molecule has 0 saturated heterocycles. The van der Waals surface area contributed by atoms with Crippen LogP contribution in [0.25, 0.3) is 0 Å². The van der Waals surface area contributed by atoms with Crippen molar-refractivity contribution in [1.82, 2.24) is 0 Å². The van der Waals surface area contributed by atoms with Gasteiger partial charge in [0, 0.05) is 0 Å². The van der Waals surface area contributed by atoms with Crippen molar-refractivity contribution in [2.75, 3.05) is 0 Å². The van der Waals surface area contributed by atoms with Crippen molar-refractivity contribution in [1.29, 1.82) is 0 Å². The SMILES string of the molecule is OC1CCC1CC1CCC1. The molecule has 2 aliphatic rings. The summed E-state index contributed by atoms with van der Waals surface area (Å²) in [5, 5.41) is 9.28. The van der Waals surface area contributed by atoms with E-state index in [9.17, 15) is 5.11 Å². The van der Waals surface area contributed by atoms with Gasteiger partial charge in [-0.05, 0) is 31.1 Å². The van der Waals surface area contributed by atoms with Crippen LogP contribution in [0.2, 0.25) is 0 Å². The molecule has 0 aliphatic heterocycles. The first-order chi connectivity index (χ1) is 4.86. The maximum absolute atomic E-state index is 9.28. The molecule has 2 rings (SSSR count). The fourth-order valence-electron chi connectivity index (χ4n) is 1.98. The molecule has 2 saturated carbocycles. The molecule has 0 amide bonds. The maximum Gasteiger partial charge on any atom is 0.0568 e. The molecule has 1 nitrogen and oxygen atoms in total. The van der Waals surface area contributed by atoms with Gasteiger partial charge < -0.3 is 5.11 Å². The molecule has 0 radical (unpaired) electrons. The van der Waals surface area contributed by atoms with Crippen LogP contribution in [0.5, 0.6) is 0 Å². The van der Waals surface area contributed by atoms with Gasteiger partial charge in [0.1, 0.15) is 0 Å². The lowest BCUT2D eigenvalue weighted by Gasteiger charge is -2.37. The van der Waals surface area contributed by atoms with E-state index in [1.165, 1.54) is 32.1 Å². The Hall–Kier alpha value is -0.0400. The number of hydrogen-bond donors (Lipinski definition) is 1. The zero-order valence-corrected chi connectivity index (χ0v) is 6.42. The molecular formula is C9H16O. The Labute approximate surface area is 62.4 Å². The van der Waals surface area contributed by atoms with Crippen LogP contribution in [0, 0.1) is 11.8 Å². The third-order valence-electron chi connectivity index (χ3n) is 3.24.